The molecule has 7 N–H and O–H groups in total. The highest BCUT2D eigenvalue weighted by Gasteiger charge is 2.44. The van der Waals surface area contributed by atoms with Crippen LogP contribution in [0.1, 0.15) is 206 Å². The normalized spacial score (nSPS) is 22.2. The summed E-state index contributed by atoms with van der Waals surface area (Å²) in [5, 5.41) is 65.1. The highest BCUT2D eigenvalue weighted by Crippen LogP contribution is 2.23. The largest absolute Gasteiger partial charge is 0.394 e. The molecule has 316 valence electrons. The molecule has 2 unspecified atom stereocenters. The van der Waals surface area contributed by atoms with E-state index < -0.39 is 55.6 Å². The minimum absolute atomic E-state index is 0.256. The van der Waals surface area contributed by atoms with E-state index in [1.54, 1.807) is 0 Å². The molecule has 8 atom stereocenters. The second-order valence-corrected chi connectivity index (χ2v) is 16.0. The summed E-state index contributed by atoms with van der Waals surface area (Å²) in [6.07, 6.45) is 25.3. The third kappa shape index (κ3) is 25.1. The van der Waals surface area contributed by atoms with Crippen LogP contribution in [0.4, 0.5) is 0 Å². The molecule has 10 heteroatoms. The molecule has 0 radical (unpaired) electrons. The van der Waals surface area contributed by atoms with E-state index in [4.69, 9.17) is 9.47 Å². The lowest BCUT2D eigenvalue weighted by atomic mass is 9.98. The fourth-order valence-electron chi connectivity index (χ4n) is 7.38. The summed E-state index contributed by atoms with van der Waals surface area (Å²) in [6.45, 7) is 3.60. The topological polar surface area (TPSA) is 169 Å². The molecule has 10 nitrogen and oxygen atoms in total. The van der Waals surface area contributed by atoms with Crippen LogP contribution in [0, 0.1) is 0 Å². The minimum atomic E-state index is -1.60. The minimum Gasteiger partial charge on any atom is -0.394 e. The first-order valence-corrected chi connectivity index (χ1v) is 22.3. The van der Waals surface area contributed by atoms with Crippen LogP contribution in [0.2, 0.25) is 0 Å². The maximum atomic E-state index is 12.9. The van der Waals surface area contributed by atoms with Gasteiger partial charge in [-0.25, -0.2) is 0 Å². The molecule has 0 aromatic rings. The molecule has 1 fully saturated rings. The number of carbonyl (C=O) groups is 1. The zero-order chi connectivity index (χ0) is 38.9. The van der Waals surface area contributed by atoms with Crippen LogP contribution >= 0.6 is 0 Å². The van der Waals surface area contributed by atoms with Gasteiger partial charge >= 0.3 is 0 Å². The Labute approximate surface area is 324 Å². The maximum absolute atomic E-state index is 12.9. The second kappa shape index (κ2) is 34.4. The number of aliphatic hydroxyl groups is 6. The van der Waals surface area contributed by atoms with Crippen molar-refractivity contribution in [1.29, 1.82) is 0 Å². The van der Waals surface area contributed by atoms with Gasteiger partial charge in [-0.1, -0.05) is 187 Å². The molecule has 1 heterocycles. The fourth-order valence-corrected chi connectivity index (χ4v) is 7.38. The quantitative estimate of drug-likeness (QED) is 0.0313. The molecule has 0 spiro atoms. The van der Waals surface area contributed by atoms with Crippen LogP contribution in [-0.4, -0.2) is 98.7 Å². The van der Waals surface area contributed by atoms with E-state index in [1.807, 2.05) is 0 Å². The van der Waals surface area contributed by atoms with E-state index >= 15 is 0 Å². The molecular weight excluding hydrogens is 674 g/mol. The maximum Gasteiger partial charge on any atom is 0.220 e. The fraction of sp³-hybridized carbons (Fsp3) is 0.977. The van der Waals surface area contributed by atoms with Gasteiger partial charge in [0.1, 0.15) is 30.5 Å². The van der Waals surface area contributed by atoms with Crippen LogP contribution in [0.25, 0.3) is 0 Å². The van der Waals surface area contributed by atoms with Gasteiger partial charge in [0.25, 0.3) is 0 Å². The second-order valence-electron chi connectivity index (χ2n) is 16.0. The van der Waals surface area contributed by atoms with Crippen LogP contribution in [0.5, 0.6) is 0 Å². The van der Waals surface area contributed by atoms with Gasteiger partial charge in [0, 0.05) is 6.42 Å². The van der Waals surface area contributed by atoms with Crippen molar-refractivity contribution in [2.75, 3.05) is 13.2 Å². The summed E-state index contributed by atoms with van der Waals surface area (Å²) in [6, 6.07) is -0.983. The SMILES string of the molecule is CCCCCCCCCCCCCCCCCC[C@@H](O)[C@@H](O)[C@H](CO[C@@H]1O[C@H](CO)[C@@H](O)C(O)C1O)NC(=O)CCCCCCCCCCCCCC. The van der Waals surface area contributed by atoms with Gasteiger partial charge in [-0.2, -0.15) is 0 Å². The number of carbonyl (C=O) groups excluding carboxylic acids is 1. The molecule has 1 rings (SSSR count). The van der Waals surface area contributed by atoms with Gasteiger partial charge in [0.15, 0.2) is 6.29 Å². The van der Waals surface area contributed by atoms with Crippen molar-refractivity contribution < 1.29 is 44.9 Å². The Morgan fingerprint density at radius 1 is 0.585 bits per heavy atom. The van der Waals surface area contributed by atoms with Crippen molar-refractivity contribution in [2.24, 2.45) is 0 Å². The van der Waals surface area contributed by atoms with Crippen molar-refractivity contribution >= 4 is 5.91 Å². The average molecular weight is 760 g/mol. The average Bonchev–Trinajstić information content (AvgIpc) is 3.16. The summed E-state index contributed by atoms with van der Waals surface area (Å²) in [4.78, 5) is 12.9. The van der Waals surface area contributed by atoms with Crippen molar-refractivity contribution in [3.63, 3.8) is 0 Å². The molecular formula is C43H85NO9. The lowest BCUT2D eigenvalue weighted by Crippen LogP contribution is -2.60. The number of unbranched alkanes of at least 4 members (excludes halogenated alkanes) is 26. The molecule has 0 bridgehead atoms. The third-order valence-corrected chi connectivity index (χ3v) is 11.1. The van der Waals surface area contributed by atoms with E-state index in [-0.39, 0.29) is 18.9 Å². The van der Waals surface area contributed by atoms with Crippen molar-refractivity contribution in [1.82, 2.24) is 5.32 Å². The smallest absolute Gasteiger partial charge is 0.220 e. The molecule has 0 saturated carbocycles. The monoisotopic (exact) mass is 760 g/mol. The molecule has 53 heavy (non-hydrogen) atoms. The summed E-state index contributed by atoms with van der Waals surface area (Å²) in [5.74, 6) is -0.256. The Morgan fingerprint density at radius 2 is 0.981 bits per heavy atom. The molecule has 1 aliphatic rings. The van der Waals surface area contributed by atoms with Gasteiger partial charge in [0.05, 0.1) is 25.4 Å². The molecule has 1 amide bonds. The summed E-state index contributed by atoms with van der Waals surface area (Å²) in [7, 11) is 0. The van der Waals surface area contributed by atoms with Crippen LogP contribution in [0.3, 0.4) is 0 Å². The first kappa shape index (κ1) is 50.2. The van der Waals surface area contributed by atoms with Gasteiger partial charge in [-0.05, 0) is 12.8 Å². The van der Waals surface area contributed by atoms with E-state index in [0.717, 1.165) is 44.9 Å². The van der Waals surface area contributed by atoms with Crippen molar-refractivity contribution in [3.8, 4) is 0 Å². The van der Waals surface area contributed by atoms with E-state index in [1.165, 1.54) is 135 Å². The summed E-state index contributed by atoms with van der Waals surface area (Å²) >= 11 is 0. The van der Waals surface area contributed by atoms with Gasteiger partial charge < -0.3 is 45.4 Å². The molecule has 1 aliphatic heterocycles. The standard InChI is InChI=1S/C43H85NO9/c1-3-5-7-9-11-13-15-17-18-19-20-21-23-25-27-29-31-36(46)39(48)35(34-52-43-42(51)41(50)40(49)37(33-45)53-43)44-38(47)32-30-28-26-24-22-16-14-12-10-8-6-4-2/h35-37,39-43,45-46,48-51H,3-34H2,1-2H3,(H,44,47)/t35-,36+,37+,39-,40+,41?,42?,43+/m0/s1. The number of hydrogen-bond acceptors (Lipinski definition) is 9. The highest BCUT2D eigenvalue weighted by molar-refractivity contribution is 5.76. The highest BCUT2D eigenvalue weighted by atomic mass is 16.7. The number of aliphatic hydroxyl groups excluding tert-OH is 6. The number of rotatable bonds is 37. The third-order valence-electron chi connectivity index (χ3n) is 11.1. The van der Waals surface area contributed by atoms with E-state index in [9.17, 15) is 35.4 Å². The molecule has 0 aromatic carbocycles. The molecule has 0 aliphatic carbocycles. The first-order valence-electron chi connectivity index (χ1n) is 22.3. The van der Waals surface area contributed by atoms with Gasteiger partial charge in [-0.15, -0.1) is 0 Å². The summed E-state index contributed by atoms with van der Waals surface area (Å²) < 4.78 is 11.1. The Bertz CT molecular complexity index is 819. The zero-order valence-electron chi connectivity index (χ0n) is 34.2. The van der Waals surface area contributed by atoms with Gasteiger partial charge in [0.2, 0.25) is 5.91 Å². The number of amides is 1. The van der Waals surface area contributed by atoms with Gasteiger partial charge in [-0.3, -0.25) is 4.79 Å². The van der Waals surface area contributed by atoms with E-state index in [0.29, 0.717) is 6.42 Å². The Hall–Kier alpha value is -0.850. The Balaban J connectivity index is 2.40. The number of hydrogen-bond donors (Lipinski definition) is 7. The predicted molar refractivity (Wildman–Crippen MR) is 214 cm³/mol. The first-order chi connectivity index (χ1) is 25.8. The molecule has 1 saturated heterocycles. The van der Waals surface area contributed by atoms with Crippen molar-refractivity contribution in [2.45, 2.75) is 255 Å². The van der Waals surface area contributed by atoms with E-state index in [2.05, 4.69) is 19.2 Å². The Kier molecular flexibility index (Phi) is 32.6. The lowest BCUT2D eigenvalue weighted by Gasteiger charge is -2.40. The summed E-state index contributed by atoms with van der Waals surface area (Å²) in [5.41, 5.74) is 0. The number of ether oxygens (including phenoxy) is 2. The van der Waals surface area contributed by atoms with Crippen LogP contribution < -0.4 is 5.32 Å². The zero-order valence-corrected chi connectivity index (χ0v) is 34.2. The van der Waals surface area contributed by atoms with Crippen molar-refractivity contribution in [3.05, 3.63) is 0 Å². The van der Waals surface area contributed by atoms with Crippen LogP contribution in [0.15, 0.2) is 0 Å². The number of nitrogens with one attached hydrogen (secondary N) is 1. The Morgan fingerprint density at radius 3 is 1.40 bits per heavy atom. The van der Waals surface area contributed by atoms with Crippen LogP contribution in [-0.2, 0) is 14.3 Å². The molecule has 0 aromatic heterocycles. The predicted octanol–water partition coefficient (Wildman–Crippen LogP) is 7.75. The lowest BCUT2D eigenvalue weighted by molar-refractivity contribution is -0.303.